The van der Waals surface area contributed by atoms with Gasteiger partial charge in [0.15, 0.2) is 11.2 Å². The van der Waals surface area contributed by atoms with Crippen LogP contribution in [0.1, 0.15) is 6.42 Å². The molecule has 0 aromatic heterocycles. The Labute approximate surface area is 53.3 Å². The molecule has 1 unspecified atom stereocenters. The molecule has 1 aliphatic rings. The summed E-state index contributed by atoms with van der Waals surface area (Å²) in [5.74, 6) is 0. The van der Waals surface area contributed by atoms with Crippen LogP contribution < -0.4 is 5.09 Å². The van der Waals surface area contributed by atoms with E-state index in [0.717, 1.165) is 13.0 Å². The molecule has 0 spiro atoms. The summed E-state index contributed by atoms with van der Waals surface area (Å²) in [6.45, 7) is 1.33. The third-order valence-corrected chi connectivity index (χ3v) is 2.68. The van der Waals surface area contributed by atoms with Crippen molar-refractivity contribution in [3.05, 3.63) is 0 Å². The lowest BCUT2D eigenvalue weighted by molar-refractivity contribution is 0.267. The van der Waals surface area contributed by atoms with Gasteiger partial charge in [-0.05, 0) is 6.42 Å². The zero-order valence-corrected chi connectivity index (χ0v) is 5.95. The third-order valence-electron chi connectivity index (χ3n) is 0.890. The molecule has 0 aromatic carbocycles. The van der Waals surface area contributed by atoms with E-state index in [-0.39, 0.29) is 0 Å². The minimum Gasteiger partial charge on any atom is -0.188 e. The van der Waals surface area contributed by atoms with E-state index < -0.39 is 7.22 Å². The van der Waals surface area contributed by atoms with Gasteiger partial charge >= 0.3 is 7.22 Å². The van der Waals surface area contributed by atoms with Gasteiger partial charge in [0.05, 0.1) is 6.61 Å². The van der Waals surface area contributed by atoms with Gasteiger partial charge in [-0.25, -0.2) is 0 Å². The smallest absolute Gasteiger partial charge is 0.188 e. The fraction of sp³-hybridized carbons (Fsp3) is 1.00. The van der Waals surface area contributed by atoms with Crippen LogP contribution in [0.3, 0.4) is 0 Å². The van der Waals surface area contributed by atoms with Crippen molar-refractivity contribution in [2.75, 3.05) is 13.2 Å². The summed E-state index contributed by atoms with van der Waals surface area (Å²) in [5.41, 5.74) is 0. The minimum absolute atomic E-state index is 0.570. The Morgan fingerprint density at radius 2 is 2.50 bits per heavy atom. The van der Waals surface area contributed by atoms with E-state index in [2.05, 4.69) is 5.09 Å². The van der Waals surface area contributed by atoms with Crippen LogP contribution in [0.2, 0.25) is 0 Å². The summed E-state index contributed by atoms with van der Waals surface area (Å²) in [4.78, 5) is 8.92. The number of rotatable bonds is 0. The molecule has 1 atom stereocenters. The van der Waals surface area contributed by atoms with Crippen LogP contribution in [0.25, 0.3) is 0 Å². The Balaban J connectivity index is 2.33. The fourth-order valence-electron chi connectivity index (χ4n) is 0.520. The molecule has 3 nitrogen and oxygen atoms in total. The zero-order valence-electron chi connectivity index (χ0n) is 4.30. The Hall–Kier alpha value is 0.600. The summed E-state index contributed by atoms with van der Waals surface area (Å²) in [6.07, 6.45) is 0.926. The maximum atomic E-state index is 8.92. The summed E-state index contributed by atoms with van der Waals surface area (Å²) >= 11 is 5.41. The Bertz CT molecular complexity index is 81.4. The van der Waals surface area contributed by atoms with Crippen LogP contribution in [0, 0.1) is 0 Å². The van der Waals surface area contributed by atoms with Gasteiger partial charge in [-0.2, -0.15) is 9.42 Å². The number of hydrogen-bond acceptors (Lipinski definition) is 3. The van der Waals surface area contributed by atoms with Gasteiger partial charge < -0.3 is 0 Å². The highest BCUT2D eigenvalue weighted by Crippen LogP contribution is 2.57. The highest BCUT2D eigenvalue weighted by molar-refractivity contribution is 7.89. The summed E-state index contributed by atoms with van der Waals surface area (Å²) < 4.78 is 4.79. The molecule has 8 heavy (non-hydrogen) atoms. The van der Waals surface area contributed by atoms with Crippen LogP contribution in [0.4, 0.5) is 0 Å². The van der Waals surface area contributed by atoms with Gasteiger partial charge in [0.1, 0.15) is 0 Å². The number of hydrogen-bond donors (Lipinski definition) is 2. The van der Waals surface area contributed by atoms with Crippen molar-refractivity contribution in [2.45, 2.75) is 6.42 Å². The second-order valence-corrected chi connectivity index (χ2v) is 4.55. The molecule has 1 saturated heterocycles. The molecule has 48 valence electrons. The first kappa shape index (κ1) is 6.72. The molecule has 0 aromatic rings. The monoisotopic (exact) mass is 156 g/mol. The lowest BCUT2D eigenvalue weighted by atomic mass is 10.5. The molecular formula is C3H8ClNO2P+. The first-order valence-corrected chi connectivity index (χ1v) is 4.98. The Kier molecular flexibility index (Phi) is 2.07. The molecule has 1 heterocycles. The Morgan fingerprint density at radius 1 is 1.75 bits per heavy atom. The van der Waals surface area contributed by atoms with Crippen molar-refractivity contribution in [3.8, 4) is 0 Å². The molecule has 0 saturated carbocycles. The molecule has 1 rings (SSSR count). The molecule has 1 aliphatic heterocycles. The molecule has 1 fully saturated rings. The van der Waals surface area contributed by atoms with E-state index in [1.54, 1.807) is 0 Å². The summed E-state index contributed by atoms with van der Waals surface area (Å²) in [5, 5.41) is 2.67. The van der Waals surface area contributed by atoms with Gasteiger partial charge in [-0.1, -0.05) is 0 Å². The minimum atomic E-state index is -2.61. The van der Waals surface area contributed by atoms with E-state index in [0.29, 0.717) is 6.61 Å². The molecule has 0 radical (unpaired) electrons. The normalized spacial score (nSPS) is 39.8. The van der Waals surface area contributed by atoms with Crippen LogP contribution >= 0.6 is 18.5 Å². The first-order valence-electron chi connectivity index (χ1n) is 2.42. The van der Waals surface area contributed by atoms with Gasteiger partial charge in [0.25, 0.3) is 0 Å². The van der Waals surface area contributed by atoms with Crippen LogP contribution in [-0.2, 0) is 4.52 Å². The summed E-state index contributed by atoms with van der Waals surface area (Å²) in [6, 6.07) is 0. The summed E-state index contributed by atoms with van der Waals surface area (Å²) in [7, 11) is -2.61. The predicted molar refractivity (Wildman–Crippen MR) is 33.6 cm³/mol. The standard InChI is InChI=1S/C3H8ClNO2P/c4-8(6)5-2-1-3-7-8/h5-6H,1-3H2/q+1. The second-order valence-electron chi connectivity index (χ2n) is 1.60. The van der Waals surface area contributed by atoms with Crippen LogP contribution in [0.5, 0.6) is 0 Å². The van der Waals surface area contributed by atoms with Gasteiger partial charge in [0, 0.05) is 6.54 Å². The lowest BCUT2D eigenvalue weighted by Crippen LogP contribution is -2.22. The van der Waals surface area contributed by atoms with E-state index >= 15 is 0 Å². The molecule has 0 bridgehead atoms. The van der Waals surface area contributed by atoms with Gasteiger partial charge in [-0.15, -0.1) is 5.09 Å². The van der Waals surface area contributed by atoms with E-state index in [1.165, 1.54) is 0 Å². The van der Waals surface area contributed by atoms with E-state index in [1.807, 2.05) is 0 Å². The molecular weight excluding hydrogens is 148 g/mol. The maximum absolute atomic E-state index is 8.92. The molecule has 0 aliphatic carbocycles. The van der Waals surface area contributed by atoms with Crippen LogP contribution in [-0.4, -0.2) is 18.0 Å². The highest BCUT2D eigenvalue weighted by Gasteiger charge is 2.38. The van der Waals surface area contributed by atoms with Crippen molar-refractivity contribution in [3.63, 3.8) is 0 Å². The fourth-order valence-corrected chi connectivity index (χ4v) is 1.88. The molecule has 5 heteroatoms. The SMILES string of the molecule is O[P+]1(Cl)NCCCO1. The lowest BCUT2D eigenvalue weighted by Gasteiger charge is -2.14. The van der Waals surface area contributed by atoms with E-state index in [4.69, 9.17) is 20.7 Å². The average Bonchev–Trinajstić information content (AvgIpc) is 1.65. The highest BCUT2D eigenvalue weighted by atomic mass is 35.7. The topological polar surface area (TPSA) is 41.5 Å². The number of nitrogens with one attached hydrogen (secondary N) is 1. The van der Waals surface area contributed by atoms with Gasteiger partial charge in [0.2, 0.25) is 0 Å². The Morgan fingerprint density at radius 3 is 2.75 bits per heavy atom. The van der Waals surface area contributed by atoms with Crippen molar-refractivity contribution in [2.24, 2.45) is 0 Å². The van der Waals surface area contributed by atoms with Crippen LogP contribution in [0.15, 0.2) is 0 Å². The van der Waals surface area contributed by atoms with Crippen molar-refractivity contribution in [1.29, 1.82) is 0 Å². The second kappa shape index (κ2) is 2.46. The quantitative estimate of drug-likeness (QED) is 0.512. The van der Waals surface area contributed by atoms with Gasteiger partial charge in [-0.3, -0.25) is 0 Å². The maximum Gasteiger partial charge on any atom is 0.451 e. The van der Waals surface area contributed by atoms with Crippen molar-refractivity contribution < 1.29 is 9.42 Å². The molecule has 2 N–H and O–H groups in total. The third kappa shape index (κ3) is 1.84. The predicted octanol–water partition coefficient (Wildman–Crippen LogP) is 0.905. The van der Waals surface area contributed by atoms with Crippen molar-refractivity contribution in [1.82, 2.24) is 5.09 Å². The largest absolute Gasteiger partial charge is 0.451 e. The number of halogens is 1. The average molecular weight is 157 g/mol. The zero-order chi connectivity index (χ0) is 6.04. The van der Waals surface area contributed by atoms with Crippen molar-refractivity contribution >= 4 is 18.5 Å². The van der Waals surface area contributed by atoms with E-state index in [9.17, 15) is 0 Å². The molecule has 0 amide bonds. The first-order chi connectivity index (χ1) is 3.71.